The van der Waals surface area contributed by atoms with Crippen molar-refractivity contribution >= 4 is 29.6 Å². The fourth-order valence-electron chi connectivity index (χ4n) is 6.60. The first-order valence-corrected chi connectivity index (χ1v) is 18.9. The highest BCUT2D eigenvalue weighted by Gasteiger charge is 2.42. The molecule has 0 spiro atoms. The predicted molar refractivity (Wildman–Crippen MR) is 213 cm³/mol. The minimum Gasteiger partial charge on any atom is -0.478 e. The van der Waals surface area contributed by atoms with E-state index in [4.69, 9.17) is 19.9 Å². The molecule has 1 saturated heterocycles. The Bertz CT molecular complexity index is 1760. The lowest BCUT2D eigenvalue weighted by Gasteiger charge is -2.40. The zero-order valence-corrected chi connectivity index (χ0v) is 34.5. The Kier molecular flexibility index (Phi) is 16.2. The highest BCUT2D eigenvalue weighted by Crippen LogP contribution is 2.31. The summed E-state index contributed by atoms with van der Waals surface area (Å²) in [5.74, 6) is -1.67. The first-order chi connectivity index (χ1) is 26.5. The van der Waals surface area contributed by atoms with Gasteiger partial charge in [0, 0.05) is 35.8 Å². The summed E-state index contributed by atoms with van der Waals surface area (Å²) in [5.41, 5.74) is 6.72. The summed E-state index contributed by atoms with van der Waals surface area (Å²) in [6, 6.07) is 9.58. The van der Waals surface area contributed by atoms with Crippen molar-refractivity contribution in [3.05, 3.63) is 70.8 Å². The number of rotatable bonds is 16. The van der Waals surface area contributed by atoms with Crippen LogP contribution in [0.5, 0.6) is 5.75 Å². The van der Waals surface area contributed by atoms with E-state index in [-0.39, 0.29) is 37.2 Å². The van der Waals surface area contributed by atoms with Crippen molar-refractivity contribution in [3.63, 3.8) is 0 Å². The van der Waals surface area contributed by atoms with Crippen LogP contribution in [0.25, 0.3) is 0 Å². The number of hydrogen-bond acceptors (Lipinski definition) is 12. The Hall–Kier alpha value is -4.58. The molecule has 0 unspecified atom stereocenters. The van der Waals surface area contributed by atoms with Gasteiger partial charge in [-0.25, -0.2) is 9.59 Å². The van der Waals surface area contributed by atoms with E-state index in [0.29, 0.717) is 28.1 Å². The van der Waals surface area contributed by atoms with E-state index in [1.807, 2.05) is 54.5 Å². The molecule has 9 N–H and O–H groups in total. The van der Waals surface area contributed by atoms with Gasteiger partial charge < -0.3 is 55.9 Å². The van der Waals surface area contributed by atoms with Gasteiger partial charge in [0.2, 0.25) is 18.1 Å². The highest BCUT2D eigenvalue weighted by molar-refractivity contribution is 5.92. The monoisotopic (exact) mass is 799 g/mol. The molecular weight excluding hydrogens is 738 g/mol. The summed E-state index contributed by atoms with van der Waals surface area (Å²) in [7, 11) is 3.26. The molecule has 1 fully saturated rings. The molecule has 0 saturated carbocycles. The van der Waals surface area contributed by atoms with Gasteiger partial charge in [0.15, 0.2) is 0 Å². The van der Waals surface area contributed by atoms with Gasteiger partial charge in [0.05, 0.1) is 18.7 Å². The molecule has 2 aromatic carbocycles. The highest BCUT2D eigenvalue weighted by atomic mass is 16.7. The molecule has 0 aromatic heterocycles. The van der Waals surface area contributed by atoms with Crippen LogP contribution < -0.4 is 26.4 Å². The fourth-order valence-corrected chi connectivity index (χ4v) is 6.60. The standard InChI is InChI=1S/C41H61N5O11/c1-22(2)28(16-23(3)37(52)53)46(10)36(51)34(40(4,5)6)45-35(50)33(43-9)41(7,8)26-12-11-13-27(18-26)44-39(54)56-20-24-14-15-30(25(17-24)19-42)57-38-32(49)31(48)29(47)21-55-38/h11-18,22,28-29,31-34,38,43,47-49H,19-21,42H2,1-10H3,(H,44,54)(H,45,50)(H,52,53)/b23-16+/t28-,29-,31+,32-,33-,34-,38+/m1/s1. The number of nitrogens with zero attached hydrogens (tertiary/aromatic N) is 1. The zero-order chi connectivity index (χ0) is 43.0. The molecule has 1 aliphatic heterocycles. The molecule has 0 bridgehead atoms. The predicted octanol–water partition coefficient (Wildman–Crippen LogP) is 2.62. The van der Waals surface area contributed by atoms with Crippen molar-refractivity contribution in [2.45, 2.75) is 117 Å². The van der Waals surface area contributed by atoms with Crippen LogP contribution in [0.15, 0.2) is 54.1 Å². The van der Waals surface area contributed by atoms with Crippen LogP contribution in [0.2, 0.25) is 0 Å². The number of likely N-dealkylation sites (N-methyl/N-ethyl adjacent to an activating group) is 2. The first kappa shape index (κ1) is 46.8. The second-order valence-corrected chi connectivity index (χ2v) is 16.4. The molecular formula is C41H61N5O11. The minimum absolute atomic E-state index is 0.0479. The maximum atomic E-state index is 14.1. The van der Waals surface area contributed by atoms with Crippen molar-refractivity contribution in [3.8, 4) is 5.75 Å². The van der Waals surface area contributed by atoms with E-state index in [0.717, 1.165) is 0 Å². The number of nitrogens with one attached hydrogen (secondary N) is 3. The van der Waals surface area contributed by atoms with Gasteiger partial charge in [-0.15, -0.1) is 0 Å². The van der Waals surface area contributed by atoms with Crippen LogP contribution in [0.4, 0.5) is 10.5 Å². The number of benzene rings is 2. The number of carboxylic acid groups (broad SMARTS) is 1. The fraction of sp³-hybridized carbons (Fsp3) is 0.561. The number of aliphatic hydroxyl groups is 3. The lowest BCUT2D eigenvalue weighted by Crippen LogP contribution is -2.61. The molecule has 3 rings (SSSR count). The summed E-state index contributed by atoms with van der Waals surface area (Å²) >= 11 is 0. The summed E-state index contributed by atoms with van der Waals surface area (Å²) < 4.78 is 16.5. The van der Waals surface area contributed by atoms with Crippen LogP contribution >= 0.6 is 0 Å². The first-order valence-electron chi connectivity index (χ1n) is 18.9. The molecule has 2 aromatic rings. The topological polar surface area (TPSA) is 242 Å². The smallest absolute Gasteiger partial charge is 0.411 e. The lowest BCUT2D eigenvalue weighted by molar-refractivity contribution is -0.242. The quantitative estimate of drug-likeness (QED) is 0.114. The van der Waals surface area contributed by atoms with Crippen molar-refractivity contribution in [2.75, 3.05) is 26.0 Å². The largest absolute Gasteiger partial charge is 0.478 e. The van der Waals surface area contributed by atoms with Crippen molar-refractivity contribution < 1.29 is 53.8 Å². The zero-order valence-electron chi connectivity index (χ0n) is 34.5. The van der Waals surface area contributed by atoms with Crippen LogP contribution in [-0.2, 0) is 42.4 Å². The van der Waals surface area contributed by atoms with Crippen LogP contribution in [0, 0.1) is 11.3 Å². The normalized spacial score (nSPS) is 20.6. The van der Waals surface area contributed by atoms with Gasteiger partial charge in [-0.1, -0.05) is 72.7 Å². The van der Waals surface area contributed by atoms with Gasteiger partial charge in [0.25, 0.3) is 0 Å². The third kappa shape index (κ3) is 12.0. The van der Waals surface area contributed by atoms with Gasteiger partial charge in [0.1, 0.15) is 36.7 Å². The van der Waals surface area contributed by atoms with Gasteiger partial charge >= 0.3 is 12.1 Å². The van der Waals surface area contributed by atoms with Crippen LogP contribution in [0.1, 0.15) is 72.1 Å². The van der Waals surface area contributed by atoms with Crippen molar-refractivity contribution in [1.82, 2.24) is 15.5 Å². The van der Waals surface area contributed by atoms with E-state index in [1.54, 1.807) is 56.6 Å². The van der Waals surface area contributed by atoms with Gasteiger partial charge in [-0.05, 0) is 60.7 Å². The van der Waals surface area contributed by atoms with E-state index in [1.165, 1.54) is 11.8 Å². The van der Waals surface area contributed by atoms with Crippen molar-refractivity contribution in [2.24, 2.45) is 17.1 Å². The second kappa shape index (κ2) is 19.7. The summed E-state index contributed by atoms with van der Waals surface area (Å²) in [6.45, 7) is 14.3. The number of hydrogen-bond donors (Lipinski definition) is 8. The average molecular weight is 800 g/mol. The SMILES string of the molecule is CN[C@H](C(=O)N[C@H](C(=O)N(C)[C@H](/C=C(\C)C(=O)O)C(C)C)C(C)(C)C)C(C)(C)c1cccc(NC(=O)OCc2ccc(O[C@@H]3OC[C@@H](O)[C@H](O)[C@H]3O)c(CN)c2)c1. The maximum absolute atomic E-state index is 14.1. The Morgan fingerprint density at radius 1 is 1.02 bits per heavy atom. The summed E-state index contributed by atoms with van der Waals surface area (Å²) in [5, 5.41) is 48.2. The molecule has 1 aliphatic rings. The number of nitrogens with two attached hydrogens (primary N) is 1. The molecule has 57 heavy (non-hydrogen) atoms. The Morgan fingerprint density at radius 2 is 1.68 bits per heavy atom. The molecule has 16 heteroatoms. The Balaban J connectivity index is 1.72. The van der Waals surface area contributed by atoms with E-state index >= 15 is 0 Å². The Morgan fingerprint density at radius 3 is 2.26 bits per heavy atom. The molecule has 1 heterocycles. The second-order valence-electron chi connectivity index (χ2n) is 16.4. The maximum Gasteiger partial charge on any atom is 0.411 e. The number of amides is 3. The van der Waals surface area contributed by atoms with E-state index in [9.17, 15) is 39.6 Å². The summed E-state index contributed by atoms with van der Waals surface area (Å²) in [4.78, 5) is 54.1. The average Bonchev–Trinajstić information content (AvgIpc) is 3.14. The lowest BCUT2D eigenvalue weighted by atomic mass is 9.76. The number of anilines is 1. The molecule has 316 valence electrons. The van der Waals surface area contributed by atoms with Gasteiger partial charge in [-0.3, -0.25) is 14.9 Å². The summed E-state index contributed by atoms with van der Waals surface area (Å²) in [6.07, 6.45) is -4.57. The van der Waals surface area contributed by atoms with E-state index < -0.39 is 71.5 Å². The van der Waals surface area contributed by atoms with Crippen LogP contribution in [-0.4, -0.2) is 113 Å². The van der Waals surface area contributed by atoms with Crippen LogP contribution in [0.3, 0.4) is 0 Å². The third-order valence-corrected chi connectivity index (χ3v) is 10.2. The number of carbonyl (C=O) groups excluding carboxylic acids is 3. The molecule has 16 nitrogen and oxygen atoms in total. The Labute approximate surface area is 334 Å². The van der Waals surface area contributed by atoms with Crippen molar-refractivity contribution in [1.29, 1.82) is 0 Å². The third-order valence-electron chi connectivity index (χ3n) is 10.2. The number of carboxylic acids is 1. The molecule has 7 atom stereocenters. The molecule has 0 aliphatic carbocycles. The number of ether oxygens (including phenoxy) is 3. The minimum atomic E-state index is -1.48. The number of carbonyl (C=O) groups is 4. The van der Waals surface area contributed by atoms with Gasteiger partial charge in [-0.2, -0.15) is 0 Å². The van der Waals surface area contributed by atoms with E-state index in [2.05, 4.69) is 16.0 Å². The number of aliphatic hydroxyl groups excluding tert-OH is 3. The molecule has 0 radical (unpaired) electrons. The number of aliphatic carboxylic acids is 1. The molecule has 3 amide bonds.